The molecular formula is C12H25ClN2O. The van der Waals surface area contributed by atoms with E-state index in [4.69, 9.17) is 5.73 Å². The number of rotatable bonds is 4. The first-order chi connectivity index (χ1) is 7.13. The SMILES string of the molecule is CCCC1CCC(NC(=O)[C@@H](C)N)CC1.Cl. The summed E-state index contributed by atoms with van der Waals surface area (Å²) in [5.41, 5.74) is 5.52. The van der Waals surface area contributed by atoms with Crippen LogP contribution in [0.4, 0.5) is 0 Å². The average molecular weight is 249 g/mol. The molecular weight excluding hydrogens is 224 g/mol. The van der Waals surface area contributed by atoms with Gasteiger partial charge >= 0.3 is 0 Å². The monoisotopic (exact) mass is 248 g/mol. The van der Waals surface area contributed by atoms with Crippen molar-refractivity contribution in [1.29, 1.82) is 0 Å². The molecule has 96 valence electrons. The predicted molar refractivity (Wildman–Crippen MR) is 69.7 cm³/mol. The normalized spacial score (nSPS) is 26.7. The van der Waals surface area contributed by atoms with Crippen LogP contribution < -0.4 is 11.1 Å². The van der Waals surface area contributed by atoms with Crippen molar-refractivity contribution in [3.05, 3.63) is 0 Å². The van der Waals surface area contributed by atoms with Crippen LogP contribution in [0.2, 0.25) is 0 Å². The predicted octanol–water partition coefficient (Wildman–Crippen LogP) is 2.23. The fourth-order valence-corrected chi connectivity index (χ4v) is 2.34. The van der Waals surface area contributed by atoms with Gasteiger partial charge in [-0.05, 0) is 38.5 Å². The Balaban J connectivity index is 0.00000225. The van der Waals surface area contributed by atoms with Crippen LogP contribution in [-0.2, 0) is 4.79 Å². The molecule has 1 atom stereocenters. The van der Waals surface area contributed by atoms with Gasteiger partial charge in [-0.25, -0.2) is 0 Å². The maximum atomic E-state index is 11.4. The fraction of sp³-hybridized carbons (Fsp3) is 0.917. The Bertz CT molecular complexity index is 201. The molecule has 3 N–H and O–H groups in total. The van der Waals surface area contributed by atoms with Gasteiger partial charge in [-0.15, -0.1) is 12.4 Å². The maximum Gasteiger partial charge on any atom is 0.236 e. The van der Waals surface area contributed by atoms with E-state index in [1.807, 2.05) is 0 Å². The number of halogens is 1. The Morgan fingerprint density at radius 1 is 1.38 bits per heavy atom. The average Bonchev–Trinajstić information content (AvgIpc) is 2.21. The topological polar surface area (TPSA) is 55.1 Å². The first kappa shape index (κ1) is 15.7. The number of nitrogens with one attached hydrogen (secondary N) is 1. The first-order valence-corrected chi connectivity index (χ1v) is 6.19. The van der Waals surface area contributed by atoms with Gasteiger partial charge in [0.15, 0.2) is 0 Å². The lowest BCUT2D eigenvalue weighted by molar-refractivity contribution is -0.122. The molecule has 0 saturated heterocycles. The molecule has 0 aromatic carbocycles. The molecule has 0 unspecified atom stereocenters. The van der Waals surface area contributed by atoms with Crippen LogP contribution in [0.25, 0.3) is 0 Å². The highest BCUT2D eigenvalue weighted by atomic mass is 35.5. The summed E-state index contributed by atoms with van der Waals surface area (Å²) >= 11 is 0. The highest BCUT2D eigenvalue weighted by Crippen LogP contribution is 2.27. The van der Waals surface area contributed by atoms with Crippen LogP contribution in [0.1, 0.15) is 52.4 Å². The molecule has 0 aliphatic heterocycles. The number of hydrogen-bond acceptors (Lipinski definition) is 2. The zero-order valence-electron chi connectivity index (χ0n) is 10.4. The van der Waals surface area contributed by atoms with Gasteiger partial charge in [0.2, 0.25) is 5.91 Å². The van der Waals surface area contributed by atoms with E-state index < -0.39 is 0 Å². The van der Waals surface area contributed by atoms with Gasteiger partial charge in [0.1, 0.15) is 0 Å². The van der Waals surface area contributed by atoms with Crippen molar-refractivity contribution >= 4 is 18.3 Å². The van der Waals surface area contributed by atoms with E-state index in [0.717, 1.165) is 18.8 Å². The lowest BCUT2D eigenvalue weighted by Gasteiger charge is -2.29. The molecule has 0 heterocycles. The summed E-state index contributed by atoms with van der Waals surface area (Å²) in [7, 11) is 0. The smallest absolute Gasteiger partial charge is 0.236 e. The Labute approximate surface area is 105 Å². The van der Waals surface area contributed by atoms with Gasteiger partial charge in [0, 0.05) is 6.04 Å². The second-order valence-corrected chi connectivity index (χ2v) is 4.80. The van der Waals surface area contributed by atoms with Crippen molar-refractivity contribution in [1.82, 2.24) is 5.32 Å². The van der Waals surface area contributed by atoms with Gasteiger partial charge in [0.05, 0.1) is 6.04 Å². The van der Waals surface area contributed by atoms with Gasteiger partial charge < -0.3 is 11.1 Å². The third kappa shape index (κ3) is 5.17. The van der Waals surface area contributed by atoms with E-state index in [-0.39, 0.29) is 24.4 Å². The molecule has 3 nitrogen and oxygen atoms in total. The van der Waals surface area contributed by atoms with E-state index in [1.165, 1.54) is 25.7 Å². The van der Waals surface area contributed by atoms with Crippen molar-refractivity contribution < 1.29 is 4.79 Å². The summed E-state index contributed by atoms with van der Waals surface area (Å²) in [4.78, 5) is 11.4. The summed E-state index contributed by atoms with van der Waals surface area (Å²) in [5, 5.41) is 3.02. The van der Waals surface area contributed by atoms with Gasteiger partial charge in [-0.3, -0.25) is 4.79 Å². The van der Waals surface area contributed by atoms with Gasteiger partial charge in [0.25, 0.3) is 0 Å². The summed E-state index contributed by atoms with van der Waals surface area (Å²) in [6.45, 7) is 3.97. The Morgan fingerprint density at radius 2 is 1.94 bits per heavy atom. The Morgan fingerprint density at radius 3 is 2.38 bits per heavy atom. The standard InChI is InChI=1S/C12H24N2O.ClH/c1-3-4-10-5-7-11(8-6-10)14-12(15)9(2)13;/h9-11H,3-8,13H2,1-2H3,(H,14,15);1H/t9-,10?,11?;/m1./s1. The third-order valence-corrected chi connectivity index (χ3v) is 3.30. The van der Waals surface area contributed by atoms with Crippen LogP contribution in [0.5, 0.6) is 0 Å². The highest BCUT2D eigenvalue weighted by molar-refractivity contribution is 5.85. The Kier molecular flexibility index (Phi) is 7.77. The minimum Gasteiger partial charge on any atom is -0.352 e. The van der Waals surface area contributed by atoms with Crippen molar-refractivity contribution in [3.63, 3.8) is 0 Å². The molecule has 1 aliphatic carbocycles. The van der Waals surface area contributed by atoms with Crippen LogP contribution in [0.15, 0.2) is 0 Å². The van der Waals surface area contributed by atoms with E-state index in [1.54, 1.807) is 6.92 Å². The summed E-state index contributed by atoms with van der Waals surface area (Å²) < 4.78 is 0. The fourth-order valence-electron chi connectivity index (χ4n) is 2.34. The molecule has 1 rings (SSSR count). The first-order valence-electron chi connectivity index (χ1n) is 6.19. The highest BCUT2D eigenvalue weighted by Gasteiger charge is 2.22. The molecule has 1 amide bonds. The largest absolute Gasteiger partial charge is 0.352 e. The van der Waals surface area contributed by atoms with E-state index >= 15 is 0 Å². The summed E-state index contributed by atoms with van der Waals surface area (Å²) in [6.07, 6.45) is 7.40. The van der Waals surface area contributed by atoms with E-state index in [2.05, 4.69) is 12.2 Å². The molecule has 0 bridgehead atoms. The molecule has 1 saturated carbocycles. The van der Waals surface area contributed by atoms with Gasteiger partial charge in [-0.2, -0.15) is 0 Å². The lowest BCUT2D eigenvalue weighted by atomic mass is 9.83. The minimum absolute atomic E-state index is 0. The summed E-state index contributed by atoms with van der Waals surface area (Å²) in [5.74, 6) is 0.882. The zero-order valence-corrected chi connectivity index (χ0v) is 11.2. The molecule has 0 radical (unpaired) electrons. The third-order valence-electron chi connectivity index (χ3n) is 3.30. The summed E-state index contributed by atoms with van der Waals surface area (Å²) in [6, 6.07) is -0.00466. The molecule has 0 spiro atoms. The quantitative estimate of drug-likeness (QED) is 0.802. The second kappa shape index (κ2) is 7.91. The number of carbonyl (C=O) groups is 1. The number of carbonyl (C=O) groups excluding carboxylic acids is 1. The van der Waals surface area contributed by atoms with E-state index in [0.29, 0.717) is 6.04 Å². The van der Waals surface area contributed by atoms with E-state index in [9.17, 15) is 4.79 Å². The molecule has 1 fully saturated rings. The lowest BCUT2D eigenvalue weighted by Crippen LogP contribution is -2.45. The van der Waals surface area contributed by atoms with Gasteiger partial charge in [-0.1, -0.05) is 19.8 Å². The number of hydrogen-bond donors (Lipinski definition) is 2. The Hall–Kier alpha value is -0.280. The molecule has 0 aromatic heterocycles. The second-order valence-electron chi connectivity index (χ2n) is 4.80. The molecule has 1 aliphatic rings. The van der Waals surface area contributed by atoms with Crippen molar-refractivity contribution in [2.45, 2.75) is 64.5 Å². The van der Waals surface area contributed by atoms with Crippen molar-refractivity contribution in [2.24, 2.45) is 11.7 Å². The van der Waals surface area contributed by atoms with Crippen molar-refractivity contribution in [2.75, 3.05) is 0 Å². The van der Waals surface area contributed by atoms with Crippen LogP contribution in [0, 0.1) is 5.92 Å². The maximum absolute atomic E-state index is 11.4. The zero-order chi connectivity index (χ0) is 11.3. The van der Waals surface area contributed by atoms with Crippen molar-refractivity contribution in [3.8, 4) is 0 Å². The molecule has 0 aromatic rings. The molecule has 16 heavy (non-hydrogen) atoms. The number of amides is 1. The van der Waals surface area contributed by atoms with Crippen LogP contribution in [-0.4, -0.2) is 18.0 Å². The minimum atomic E-state index is -0.377. The number of nitrogens with two attached hydrogens (primary N) is 1. The van der Waals surface area contributed by atoms with Crippen LogP contribution >= 0.6 is 12.4 Å². The molecule has 4 heteroatoms. The van der Waals surface area contributed by atoms with Crippen LogP contribution in [0.3, 0.4) is 0 Å².